The van der Waals surface area contributed by atoms with Crippen molar-refractivity contribution in [3.63, 3.8) is 0 Å². The summed E-state index contributed by atoms with van der Waals surface area (Å²) in [7, 11) is 1.51. The van der Waals surface area contributed by atoms with E-state index in [1.54, 1.807) is 41.0 Å². The lowest BCUT2D eigenvalue weighted by Gasteiger charge is -2.37. The van der Waals surface area contributed by atoms with E-state index in [0.717, 1.165) is 23.8 Å². The maximum Gasteiger partial charge on any atom is 0.333 e. The lowest BCUT2D eigenvalue weighted by atomic mass is 9.94. The first-order valence-corrected chi connectivity index (χ1v) is 17.0. The second kappa shape index (κ2) is 13.9. The maximum atomic E-state index is 14.8. The molecule has 1 aromatic carbocycles. The van der Waals surface area contributed by atoms with Crippen LogP contribution in [0.3, 0.4) is 0 Å². The van der Waals surface area contributed by atoms with E-state index in [2.05, 4.69) is 5.10 Å². The summed E-state index contributed by atoms with van der Waals surface area (Å²) in [5, 5.41) is 5.42. The summed E-state index contributed by atoms with van der Waals surface area (Å²) in [5.74, 6) is -0.278. The Kier molecular flexibility index (Phi) is 10.2. The van der Waals surface area contributed by atoms with Crippen molar-refractivity contribution in [2.45, 2.75) is 97.4 Å². The van der Waals surface area contributed by atoms with Crippen LogP contribution >= 0.6 is 11.3 Å². The van der Waals surface area contributed by atoms with Gasteiger partial charge < -0.3 is 14.4 Å². The zero-order valence-electron chi connectivity index (χ0n) is 27.5. The number of rotatable bonds is 12. The van der Waals surface area contributed by atoms with Crippen molar-refractivity contribution >= 4 is 27.5 Å². The molecule has 1 fully saturated rings. The molecule has 10 nitrogen and oxygen atoms in total. The lowest BCUT2D eigenvalue weighted by Crippen LogP contribution is -2.58. The Hall–Kier alpha value is -3.77. The zero-order valence-corrected chi connectivity index (χ0v) is 28.4. The summed E-state index contributed by atoms with van der Waals surface area (Å²) >= 11 is 1.27. The number of methoxy groups -OCH3 is 1. The highest BCUT2D eigenvalue weighted by Crippen LogP contribution is 2.36. The van der Waals surface area contributed by atoms with Crippen molar-refractivity contribution in [2.24, 2.45) is 0 Å². The molecule has 0 N–H and O–H groups in total. The molecule has 0 aliphatic carbocycles. The van der Waals surface area contributed by atoms with Crippen molar-refractivity contribution in [3.8, 4) is 10.8 Å². The molecule has 1 saturated heterocycles. The molecular formula is C34H44FN5O5S. The molecule has 12 heteroatoms. The van der Waals surface area contributed by atoms with Crippen LogP contribution in [0.15, 0.2) is 46.2 Å². The minimum atomic E-state index is -1.43. The van der Waals surface area contributed by atoms with E-state index in [1.165, 1.54) is 35.1 Å². The minimum absolute atomic E-state index is 0.0396. The Bertz CT molecular complexity index is 1800. The van der Waals surface area contributed by atoms with Crippen molar-refractivity contribution in [2.75, 3.05) is 20.2 Å². The summed E-state index contributed by atoms with van der Waals surface area (Å²) in [6.07, 6.45) is 6.89. The summed E-state index contributed by atoms with van der Waals surface area (Å²) in [5.41, 5.74) is -1.45. The van der Waals surface area contributed by atoms with E-state index < -0.39 is 28.7 Å². The number of likely N-dealkylation sites (tertiary alicyclic amines) is 1. The Morgan fingerprint density at radius 1 is 1.13 bits per heavy atom. The average molecular weight is 654 g/mol. The number of nitrogens with zero attached hydrogens (tertiary/aromatic N) is 5. The minimum Gasteiger partial charge on any atom is -0.496 e. The molecule has 0 spiro atoms. The Morgan fingerprint density at radius 3 is 2.46 bits per heavy atom. The third-order valence-corrected chi connectivity index (χ3v) is 10.6. The van der Waals surface area contributed by atoms with Crippen LogP contribution in [0.25, 0.3) is 15.2 Å². The molecule has 1 aliphatic rings. The van der Waals surface area contributed by atoms with E-state index in [1.807, 2.05) is 27.7 Å². The van der Waals surface area contributed by atoms with Gasteiger partial charge in [0.2, 0.25) is 5.91 Å². The second-order valence-electron chi connectivity index (χ2n) is 12.1. The van der Waals surface area contributed by atoms with Gasteiger partial charge in [0.05, 0.1) is 25.1 Å². The molecule has 0 radical (unpaired) electrons. The van der Waals surface area contributed by atoms with E-state index in [9.17, 15) is 18.8 Å². The van der Waals surface area contributed by atoms with Crippen LogP contribution < -0.4 is 16.0 Å². The zero-order chi connectivity index (χ0) is 33.2. The first kappa shape index (κ1) is 33.6. The van der Waals surface area contributed by atoms with Crippen molar-refractivity contribution in [3.05, 3.63) is 74.4 Å². The number of halogens is 1. The number of ether oxygens (including phenoxy) is 2. The van der Waals surface area contributed by atoms with Gasteiger partial charge in [-0.3, -0.25) is 14.2 Å². The van der Waals surface area contributed by atoms with E-state index >= 15 is 0 Å². The van der Waals surface area contributed by atoms with Gasteiger partial charge in [-0.05, 0) is 76.6 Å². The summed E-state index contributed by atoms with van der Waals surface area (Å²) in [6.45, 7) is 10.5. The van der Waals surface area contributed by atoms with E-state index in [4.69, 9.17) is 9.47 Å². The van der Waals surface area contributed by atoms with Crippen LogP contribution in [0, 0.1) is 12.7 Å². The number of aryl methyl sites for hydroxylation is 1. The Balaban J connectivity index is 1.80. The molecule has 1 aliphatic heterocycles. The predicted molar refractivity (Wildman–Crippen MR) is 178 cm³/mol. The summed E-state index contributed by atoms with van der Waals surface area (Å²) in [6, 6.07) is 6.02. The average Bonchev–Trinajstić information content (AvgIpc) is 3.72. The van der Waals surface area contributed by atoms with Crippen molar-refractivity contribution < 1.29 is 18.7 Å². The highest BCUT2D eigenvalue weighted by Gasteiger charge is 2.41. The van der Waals surface area contributed by atoms with Gasteiger partial charge in [0.25, 0.3) is 5.56 Å². The van der Waals surface area contributed by atoms with Crippen LogP contribution in [0.1, 0.15) is 83.5 Å². The SMILES string of the molecule is CCC(CC)O[C@@H](Cn1c(=O)n(C(C)(CC)C(=O)N2CCCCC2)c(=O)c2c(C)c(-n3cccn3)sc21)c1cc(F)ccc1OC. The molecule has 0 bridgehead atoms. The molecule has 248 valence electrons. The topological polar surface area (TPSA) is 101 Å². The first-order valence-electron chi connectivity index (χ1n) is 16.2. The van der Waals surface area contributed by atoms with E-state index in [-0.39, 0.29) is 25.0 Å². The van der Waals surface area contributed by atoms with Gasteiger partial charge in [-0.1, -0.05) is 32.1 Å². The summed E-state index contributed by atoms with van der Waals surface area (Å²) in [4.78, 5) is 45.7. The number of aromatic nitrogens is 4. The van der Waals surface area contributed by atoms with E-state index in [0.29, 0.717) is 58.0 Å². The molecule has 1 unspecified atom stereocenters. The fraction of sp³-hybridized carbons (Fsp3) is 0.529. The van der Waals surface area contributed by atoms with Gasteiger partial charge in [-0.15, -0.1) is 0 Å². The highest BCUT2D eigenvalue weighted by atomic mass is 32.1. The number of hydrogen-bond donors (Lipinski definition) is 0. The number of fused-ring (bicyclic) bond motifs is 1. The van der Waals surface area contributed by atoms with Crippen LogP contribution in [0.2, 0.25) is 0 Å². The number of benzene rings is 1. The van der Waals surface area contributed by atoms with Gasteiger partial charge >= 0.3 is 5.69 Å². The molecule has 46 heavy (non-hydrogen) atoms. The fourth-order valence-corrected chi connectivity index (χ4v) is 7.68. The third kappa shape index (κ3) is 6.04. The van der Waals surface area contributed by atoms with Gasteiger partial charge in [-0.25, -0.2) is 18.4 Å². The van der Waals surface area contributed by atoms with Crippen molar-refractivity contribution in [1.29, 1.82) is 0 Å². The lowest BCUT2D eigenvalue weighted by molar-refractivity contribution is -0.141. The van der Waals surface area contributed by atoms with Gasteiger partial charge in [-0.2, -0.15) is 5.10 Å². The van der Waals surface area contributed by atoms with Crippen molar-refractivity contribution in [1.82, 2.24) is 23.8 Å². The molecule has 1 amide bonds. The smallest absolute Gasteiger partial charge is 0.333 e. The molecule has 0 saturated carbocycles. The Morgan fingerprint density at radius 2 is 1.85 bits per heavy atom. The largest absolute Gasteiger partial charge is 0.496 e. The maximum absolute atomic E-state index is 14.8. The Labute approximate surface area is 272 Å². The van der Waals surface area contributed by atoms with Gasteiger partial charge in [0, 0.05) is 36.6 Å². The van der Waals surface area contributed by atoms with Crippen LogP contribution in [-0.2, 0) is 21.6 Å². The molecular weight excluding hydrogens is 609 g/mol. The standard InChI is InChI=1S/C34H44FN5O5S/c1-7-24(8-2)45-27(25-20-23(35)14-15-26(25)44-6)21-38-31-28(22(4)30(46-31)39-19-13-16-36-39)29(41)40(33(38)43)34(5,9-3)32(42)37-17-11-10-12-18-37/h13-16,19-20,24,27H,7-12,17-18,21H2,1-6H3/t27-,34?/m0/s1. The third-order valence-electron chi connectivity index (χ3n) is 9.34. The molecule has 5 rings (SSSR count). The number of carbonyl (C=O) groups is 1. The van der Waals surface area contributed by atoms with Gasteiger partial charge in [0.1, 0.15) is 33.0 Å². The fourth-order valence-electron chi connectivity index (χ4n) is 6.43. The number of hydrogen-bond acceptors (Lipinski definition) is 7. The number of piperidine rings is 1. The quantitative estimate of drug-likeness (QED) is 0.187. The highest BCUT2D eigenvalue weighted by molar-refractivity contribution is 7.21. The van der Waals surface area contributed by atoms with Crippen LogP contribution in [0.4, 0.5) is 4.39 Å². The van der Waals surface area contributed by atoms with Gasteiger partial charge in [0.15, 0.2) is 0 Å². The number of thiophene rings is 1. The molecule has 3 aromatic heterocycles. The number of carbonyl (C=O) groups excluding carboxylic acids is 1. The second-order valence-corrected chi connectivity index (χ2v) is 13.1. The first-order chi connectivity index (χ1) is 22.1. The number of amides is 1. The van der Waals surface area contributed by atoms with Crippen LogP contribution in [0.5, 0.6) is 5.75 Å². The summed E-state index contributed by atoms with van der Waals surface area (Å²) < 4.78 is 31.3. The normalized spacial score (nSPS) is 15.8. The predicted octanol–water partition coefficient (Wildman–Crippen LogP) is 5.95. The monoisotopic (exact) mass is 653 g/mol. The molecule has 4 heterocycles. The molecule has 2 atom stereocenters. The molecule has 4 aromatic rings. The van der Waals surface area contributed by atoms with Crippen LogP contribution in [-0.4, -0.2) is 56.0 Å².